The minimum Gasteiger partial charge on any atom is -0.484 e. The molecule has 6 nitrogen and oxygen atoms in total. The highest BCUT2D eigenvalue weighted by atomic mass is 16.5. The number of ether oxygens (including phenoxy) is 1. The third kappa shape index (κ3) is 5.17. The highest BCUT2D eigenvalue weighted by Crippen LogP contribution is 2.21. The van der Waals surface area contributed by atoms with Gasteiger partial charge in [-0.25, -0.2) is 0 Å². The van der Waals surface area contributed by atoms with E-state index in [2.05, 4.69) is 5.92 Å². The fourth-order valence-corrected chi connectivity index (χ4v) is 3.30. The van der Waals surface area contributed by atoms with Gasteiger partial charge in [0.05, 0.1) is 19.4 Å². The maximum Gasteiger partial charge on any atom is 0.260 e. The molecule has 0 unspecified atom stereocenters. The lowest BCUT2D eigenvalue weighted by atomic mass is 9.95. The summed E-state index contributed by atoms with van der Waals surface area (Å²) in [6.07, 6.45) is 8.25. The lowest BCUT2D eigenvalue weighted by Gasteiger charge is -2.33. The fourth-order valence-electron chi connectivity index (χ4n) is 3.30. The summed E-state index contributed by atoms with van der Waals surface area (Å²) in [5.41, 5.74) is 0. The predicted molar refractivity (Wildman–Crippen MR) is 104 cm³/mol. The summed E-state index contributed by atoms with van der Waals surface area (Å²) in [4.78, 5) is 28.6. The topological polar surface area (TPSA) is 63.0 Å². The van der Waals surface area contributed by atoms with Gasteiger partial charge in [-0.1, -0.05) is 24.1 Å². The molecule has 0 N–H and O–H groups in total. The van der Waals surface area contributed by atoms with Crippen LogP contribution in [0.3, 0.4) is 0 Å². The van der Waals surface area contributed by atoms with E-state index < -0.39 is 0 Å². The number of carbonyl (C=O) groups is 2. The number of furan rings is 1. The van der Waals surface area contributed by atoms with E-state index in [9.17, 15) is 9.59 Å². The third-order valence-corrected chi connectivity index (χ3v) is 4.82. The number of carbonyl (C=O) groups excluding carboxylic acids is 2. The number of amides is 2. The summed E-state index contributed by atoms with van der Waals surface area (Å²) in [5, 5.41) is 0. The summed E-state index contributed by atoms with van der Waals surface area (Å²) >= 11 is 0. The van der Waals surface area contributed by atoms with Crippen molar-refractivity contribution in [1.82, 2.24) is 9.80 Å². The molecule has 6 heteroatoms. The molecule has 1 aliphatic rings. The van der Waals surface area contributed by atoms with Crippen molar-refractivity contribution in [2.45, 2.75) is 19.4 Å². The Morgan fingerprint density at radius 3 is 2.57 bits per heavy atom. The van der Waals surface area contributed by atoms with Gasteiger partial charge in [-0.3, -0.25) is 9.59 Å². The largest absolute Gasteiger partial charge is 0.484 e. The van der Waals surface area contributed by atoms with Gasteiger partial charge in [-0.05, 0) is 37.1 Å². The first kappa shape index (κ1) is 19.6. The number of hydrogen-bond acceptors (Lipinski definition) is 4. The number of terminal acetylenes is 1. The van der Waals surface area contributed by atoms with Crippen molar-refractivity contribution in [3.63, 3.8) is 0 Å². The Morgan fingerprint density at radius 1 is 1.18 bits per heavy atom. The Morgan fingerprint density at radius 2 is 1.93 bits per heavy atom. The van der Waals surface area contributed by atoms with Crippen LogP contribution in [0.15, 0.2) is 53.1 Å². The zero-order valence-corrected chi connectivity index (χ0v) is 15.8. The fraction of sp³-hybridized carbons (Fsp3) is 0.364. The Hall–Kier alpha value is -3.20. The highest BCUT2D eigenvalue weighted by Gasteiger charge is 2.30. The first-order valence-corrected chi connectivity index (χ1v) is 9.37. The molecule has 0 spiro atoms. The van der Waals surface area contributed by atoms with Crippen LogP contribution in [0.5, 0.6) is 5.75 Å². The van der Waals surface area contributed by atoms with Crippen LogP contribution >= 0.6 is 0 Å². The molecule has 0 bridgehead atoms. The van der Waals surface area contributed by atoms with Gasteiger partial charge in [0.1, 0.15) is 11.5 Å². The summed E-state index contributed by atoms with van der Waals surface area (Å²) in [6, 6.07) is 12.9. The van der Waals surface area contributed by atoms with E-state index in [-0.39, 0.29) is 30.9 Å². The Balaban J connectivity index is 1.48. The molecule has 0 aliphatic carbocycles. The van der Waals surface area contributed by atoms with Gasteiger partial charge in [0.25, 0.3) is 5.91 Å². The van der Waals surface area contributed by atoms with Crippen LogP contribution in [-0.4, -0.2) is 47.9 Å². The number of nitrogens with zero attached hydrogens (tertiary/aromatic N) is 2. The van der Waals surface area contributed by atoms with Gasteiger partial charge in [0.2, 0.25) is 5.91 Å². The number of benzene rings is 1. The second-order valence-electron chi connectivity index (χ2n) is 6.73. The van der Waals surface area contributed by atoms with Gasteiger partial charge in [-0.15, -0.1) is 6.42 Å². The van der Waals surface area contributed by atoms with Gasteiger partial charge in [0.15, 0.2) is 6.61 Å². The maximum atomic E-state index is 12.9. The normalized spacial score (nSPS) is 14.3. The van der Waals surface area contributed by atoms with Crippen molar-refractivity contribution >= 4 is 11.8 Å². The zero-order valence-electron chi connectivity index (χ0n) is 15.8. The number of para-hydroxylation sites is 1. The van der Waals surface area contributed by atoms with Crippen molar-refractivity contribution in [1.29, 1.82) is 0 Å². The number of piperidine rings is 1. The molecule has 1 saturated heterocycles. The van der Waals surface area contributed by atoms with Crippen molar-refractivity contribution in [3.05, 3.63) is 54.5 Å². The summed E-state index contributed by atoms with van der Waals surface area (Å²) in [6.45, 7) is 1.68. The van der Waals surface area contributed by atoms with E-state index in [1.807, 2.05) is 36.4 Å². The molecule has 3 rings (SSSR count). The molecule has 1 fully saturated rings. The second kappa shape index (κ2) is 9.65. The Labute approximate surface area is 165 Å². The predicted octanol–water partition coefficient (Wildman–Crippen LogP) is 2.56. The highest BCUT2D eigenvalue weighted by molar-refractivity contribution is 5.81. The standard InChI is InChI=1S/C22H24N2O4/c1-2-12-24(16-20-9-6-15-27-20)22(26)18-10-13-23(14-11-18)21(25)17-28-19-7-4-3-5-8-19/h1,3-9,15,18H,10-14,16-17H2. The first-order valence-electron chi connectivity index (χ1n) is 9.37. The smallest absolute Gasteiger partial charge is 0.260 e. The van der Waals surface area contributed by atoms with Crippen LogP contribution in [0.1, 0.15) is 18.6 Å². The van der Waals surface area contributed by atoms with Crippen molar-refractivity contribution in [3.8, 4) is 18.1 Å². The van der Waals surface area contributed by atoms with Crippen LogP contribution in [0, 0.1) is 18.3 Å². The lowest BCUT2D eigenvalue weighted by molar-refractivity contribution is -0.141. The summed E-state index contributed by atoms with van der Waals surface area (Å²) in [7, 11) is 0. The molecule has 1 aliphatic heterocycles. The van der Waals surface area contributed by atoms with Gasteiger partial charge in [0, 0.05) is 19.0 Å². The minimum absolute atomic E-state index is 0.00430. The van der Waals surface area contributed by atoms with E-state index in [4.69, 9.17) is 15.6 Å². The first-order chi connectivity index (χ1) is 13.7. The third-order valence-electron chi connectivity index (χ3n) is 4.82. The maximum absolute atomic E-state index is 12.9. The summed E-state index contributed by atoms with van der Waals surface area (Å²) < 4.78 is 10.9. The molecule has 0 saturated carbocycles. The van der Waals surface area contributed by atoms with Crippen molar-refractivity contribution in [2.75, 3.05) is 26.2 Å². The van der Waals surface area contributed by atoms with Crippen LogP contribution in [0.25, 0.3) is 0 Å². The zero-order chi connectivity index (χ0) is 19.8. The molecule has 0 radical (unpaired) electrons. The Kier molecular flexibility index (Phi) is 6.74. The molecule has 2 heterocycles. The second-order valence-corrected chi connectivity index (χ2v) is 6.73. The molecule has 0 atom stereocenters. The van der Waals surface area contributed by atoms with Crippen LogP contribution in [0.4, 0.5) is 0 Å². The minimum atomic E-state index is -0.137. The van der Waals surface area contributed by atoms with Crippen molar-refractivity contribution < 1.29 is 18.7 Å². The SMILES string of the molecule is C#CCN(Cc1ccco1)C(=O)C1CCN(C(=O)COc2ccccc2)CC1. The van der Waals surface area contributed by atoms with E-state index in [1.54, 1.807) is 22.1 Å². The molecule has 28 heavy (non-hydrogen) atoms. The molecule has 2 amide bonds. The van der Waals surface area contributed by atoms with Crippen molar-refractivity contribution in [2.24, 2.45) is 5.92 Å². The number of rotatable bonds is 7. The Bertz CT molecular complexity index is 803. The quantitative estimate of drug-likeness (QED) is 0.693. The molecular formula is C22H24N2O4. The van der Waals surface area contributed by atoms with E-state index in [0.717, 1.165) is 0 Å². The van der Waals surface area contributed by atoms with E-state index in [0.29, 0.717) is 44.0 Å². The van der Waals surface area contributed by atoms with Crippen LogP contribution in [0.2, 0.25) is 0 Å². The summed E-state index contributed by atoms with van der Waals surface area (Å²) in [5.74, 6) is 3.73. The van der Waals surface area contributed by atoms with Gasteiger partial charge in [-0.2, -0.15) is 0 Å². The van der Waals surface area contributed by atoms with Crippen LogP contribution in [-0.2, 0) is 16.1 Å². The van der Waals surface area contributed by atoms with E-state index in [1.165, 1.54) is 0 Å². The average Bonchev–Trinajstić information content (AvgIpc) is 3.25. The van der Waals surface area contributed by atoms with Crippen LogP contribution < -0.4 is 4.74 Å². The molecular weight excluding hydrogens is 356 g/mol. The monoisotopic (exact) mass is 380 g/mol. The molecule has 1 aromatic heterocycles. The van der Waals surface area contributed by atoms with E-state index >= 15 is 0 Å². The lowest BCUT2D eigenvalue weighted by Crippen LogP contribution is -2.45. The van der Waals surface area contributed by atoms with Gasteiger partial charge < -0.3 is 19.0 Å². The molecule has 146 valence electrons. The van der Waals surface area contributed by atoms with Gasteiger partial charge >= 0.3 is 0 Å². The number of likely N-dealkylation sites (tertiary alicyclic amines) is 1. The average molecular weight is 380 g/mol. The molecule has 2 aromatic rings. The molecule has 1 aromatic carbocycles. The number of hydrogen-bond donors (Lipinski definition) is 0.